The molecular weight excluding hydrogens is 604 g/mol. The summed E-state index contributed by atoms with van der Waals surface area (Å²) in [6, 6.07) is 11.7. The van der Waals surface area contributed by atoms with Gasteiger partial charge in [-0.1, -0.05) is 53.5 Å². The van der Waals surface area contributed by atoms with Crippen molar-refractivity contribution in [1.82, 2.24) is 13.9 Å². The highest BCUT2D eigenvalue weighted by Crippen LogP contribution is 2.64. The van der Waals surface area contributed by atoms with Gasteiger partial charge in [0.1, 0.15) is 31.3 Å². The number of fused-ring (bicyclic) bond motifs is 4. The van der Waals surface area contributed by atoms with E-state index in [-0.39, 0.29) is 24.3 Å². The van der Waals surface area contributed by atoms with Crippen molar-refractivity contribution in [2.45, 2.75) is 34.7 Å². The number of carbonyl (C=O) groups excluding carboxylic acids is 2. The van der Waals surface area contributed by atoms with Crippen molar-refractivity contribution in [3.05, 3.63) is 96.8 Å². The van der Waals surface area contributed by atoms with Crippen LogP contribution in [0.1, 0.15) is 23.9 Å². The highest BCUT2D eigenvalue weighted by atomic mass is 35.5. The van der Waals surface area contributed by atoms with Gasteiger partial charge in [-0.25, -0.2) is 23.5 Å². The fraction of sp³-hybridized carbons (Fsp3) is 0.259. The lowest BCUT2D eigenvalue weighted by molar-refractivity contribution is -0.128. The summed E-state index contributed by atoms with van der Waals surface area (Å²) in [5, 5.41) is 9.91. The molecule has 1 N–H and O–H groups in total. The molecule has 0 bridgehead atoms. The molecule has 40 heavy (non-hydrogen) atoms. The summed E-state index contributed by atoms with van der Waals surface area (Å²) in [6.45, 7) is -0.0537. The predicted molar refractivity (Wildman–Crippen MR) is 149 cm³/mol. The molecule has 4 atom stereocenters. The largest absolute Gasteiger partial charge is 0.508 e. The standard InChI is InChI=1S/C27H19Cl4N3O6/c1-40-14-7-8-16(18(35)11-14)19-15-9-10-32-24(38)33(13-5-3-2-4-6-13)25(39)34(32)17(15)12-26(30)22(36)20(28)21(29)23(37)27(19,26)31/h2-9,11,17,19,35H,10,12H2,1H3. The lowest BCUT2D eigenvalue weighted by Crippen LogP contribution is -2.67. The van der Waals surface area contributed by atoms with Crippen LogP contribution in [0.25, 0.3) is 5.69 Å². The van der Waals surface area contributed by atoms with Crippen LogP contribution in [0.4, 0.5) is 0 Å². The second kappa shape index (κ2) is 9.14. The van der Waals surface area contributed by atoms with Gasteiger partial charge in [-0.3, -0.25) is 9.59 Å². The van der Waals surface area contributed by atoms with Gasteiger partial charge in [0.25, 0.3) is 0 Å². The van der Waals surface area contributed by atoms with Crippen LogP contribution in [0.2, 0.25) is 0 Å². The minimum atomic E-state index is -2.23. The Morgan fingerprint density at radius 1 is 0.950 bits per heavy atom. The summed E-state index contributed by atoms with van der Waals surface area (Å²) in [7, 11) is 1.42. The summed E-state index contributed by atoms with van der Waals surface area (Å²) in [5.74, 6) is -3.01. The average Bonchev–Trinajstić information content (AvgIpc) is 3.21. The first-order chi connectivity index (χ1) is 19.0. The molecule has 2 aliphatic carbocycles. The van der Waals surface area contributed by atoms with Gasteiger partial charge in [-0.05, 0) is 23.8 Å². The van der Waals surface area contributed by atoms with Gasteiger partial charge in [0, 0.05) is 24.0 Å². The van der Waals surface area contributed by atoms with E-state index < -0.39 is 54.7 Å². The number of halogens is 4. The van der Waals surface area contributed by atoms with Crippen LogP contribution in [0.3, 0.4) is 0 Å². The molecule has 206 valence electrons. The van der Waals surface area contributed by atoms with Crippen LogP contribution in [0, 0.1) is 0 Å². The van der Waals surface area contributed by atoms with Gasteiger partial charge in [0.2, 0.25) is 0 Å². The van der Waals surface area contributed by atoms with Gasteiger partial charge in [0.15, 0.2) is 11.6 Å². The maximum absolute atomic E-state index is 13.8. The monoisotopic (exact) mass is 621 g/mol. The summed E-state index contributed by atoms with van der Waals surface area (Å²) in [5.41, 5.74) is -0.383. The SMILES string of the molecule is COc1ccc(C2C3=CCn4c(=O)n(-c5ccccc5)c(=O)n4C3CC3(Cl)C(=O)C(Cl)=C(Cl)C(=O)C23Cl)c(O)c1. The summed E-state index contributed by atoms with van der Waals surface area (Å²) >= 11 is 26.6. The van der Waals surface area contributed by atoms with E-state index in [1.54, 1.807) is 42.5 Å². The number of methoxy groups -OCH3 is 1. The number of hydrogen-bond donors (Lipinski definition) is 1. The number of carbonyl (C=O) groups is 2. The molecule has 1 aliphatic heterocycles. The van der Waals surface area contributed by atoms with Crippen molar-refractivity contribution in [2.75, 3.05) is 7.11 Å². The van der Waals surface area contributed by atoms with Crippen LogP contribution < -0.4 is 16.1 Å². The first-order valence-electron chi connectivity index (χ1n) is 12.1. The Morgan fingerprint density at radius 3 is 2.27 bits per heavy atom. The number of alkyl halides is 2. The molecule has 6 rings (SSSR count). The van der Waals surface area contributed by atoms with E-state index in [1.165, 1.54) is 28.6 Å². The molecule has 3 aromatic rings. The van der Waals surface area contributed by atoms with Crippen molar-refractivity contribution in [3.63, 3.8) is 0 Å². The summed E-state index contributed by atoms with van der Waals surface area (Å²) in [6.07, 6.45) is 1.29. The lowest BCUT2D eigenvalue weighted by atomic mass is 9.59. The van der Waals surface area contributed by atoms with E-state index in [0.717, 1.165) is 4.57 Å². The van der Waals surface area contributed by atoms with Gasteiger partial charge >= 0.3 is 11.4 Å². The fourth-order valence-electron chi connectivity index (χ4n) is 6.01. The molecule has 1 fully saturated rings. The third-order valence-electron chi connectivity index (χ3n) is 7.87. The van der Waals surface area contributed by atoms with E-state index >= 15 is 0 Å². The first kappa shape index (κ1) is 27.0. The average molecular weight is 623 g/mol. The zero-order valence-electron chi connectivity index (χ0n) is 20.6. The third kappa shape index (κ3) is 3.35. The Balaban J connectivity index is 1.65. The minimum absolute atomic E-state index is 0.0537. The Kier molecular flexibility index (Phi) is 6.16. The number of allylic oxidation sites excluding steroid dienone is 4. The number of ether oxygens (including phenoxy) is 1. The maximum atomic E-state index is 13.8. The lowest BCUT2D eigenvalue weighted by Gasteiger charge is -2.54. The first-order valence-corrected chi connectivity index (χ1v) is 13.6. The van der Waals surface area contributed by atoms with E-state index in [1.807, 2.05) is 0 Å². The third-order valence-corrected chi connectivity index (χ3v) is 10.1. The van der Waals surface area contributed by atoms with Crippen LogP contribution in [-0.2, 0) is 16.1 Å². The van der Waals surface area contributed by atoms with Crippen LogP contribution in [0.15, 0.2) is 79.8 Å². The molecule has 0 radical (unpaired) electrons. The number of para-hydroxylation sites is 1. The second-order valence-electron chi connectivity index (χ2n) is 9.74. The van der Waals surface area contributed by atoms with Gasteiger partial charge in [0.05, 0.1) is 25.4 Å². The molecule has 0 spiro atoms. The molecule has 0 amide bonds. The van der Waals surface area contributed by atoms with E-state index in [4.69, 9.17) is 51.1 Å². The minimum Gasteiger partial charge on any atom is -0.508 e. The van der Waals surface area contributed by atoms with E-state index in [2.05, 4.69) is 0 Å². The number of ketones is 2. The van der Waals surface area contributed by atoms with E-state index in [9.17, 15) is 24.3 Å². The smallest absolute Gasteiger partial charge is 0.352 e. The molecule has 2 heterocycles. The van der Waals surface area contributed by atoms with Crippen LogP contribution >= 0.6 is 46.4 Å². The normalized spacial score (nSPS) is 27.6. The zero-order valence-corrected chi connectivity index (χ0v) is 23.6. The molecule has 4 unspecified atom stereocenters. The van der Waals surface area contributed by atoms with Gasteiger partial charge in [-0.15, -0.1) is 23.2 Å². The number of hydrogen-bond acceptors (Lipinski definition) is 6. The Bertz CT molecular complexity index is 1810. The number of benzene rings is 2. The molecule has 1 saturated carbocycles. The number of phenols is 1. The van der Waals surface area contributed by atoms with Gasteiger partial charge < -0.3 is 9.84 Å². The van der Waals surface area contributed by atoms with Crippen LogP contribution in [-0.4, -0.2) is 47.5 Å². The highest BCUT2D eigenvalue weighted by molar-refractivity contribution is 6.66. The highest BCUT2D eigenvalue weighted by Gasteiger charge is 2.71. The number of aromatic nitrogens is 3. The number of phenolic OH excluding ortho intramolecular Hbond substituents is 1. The number of aromatic hydroxyl groups is 1. The Morgan fingerprint density at radius 2 is 1.62 bits per heavy atom. The molecule has 0 saturated heterocycles. The summed E-state index contributed by atoms with van der Waals surface area (Å²) in [4.78, 5) is 50.3. The topological polar surface area (TPSA) is 113 Å². The molecule has 13 heteroatoms. The Labute approximate surface area is 246 Å². The van der Waals surface area contributed by atoms with Crippen molar-refractivity contribution >= 4 is 58.0 Å². The molecule has 3 aliphatic rings. The molecule has 2 aromatic carbocycles. The molecule has 1 aromatic heterocycles. The Hall–Kier alpha value is -3.24. The summed E-state index contributed by atoms with van der Waals surface area (Å²) < 4.78 is 8.65. The molecular formula is C27H19Cl4N3O6. The van der Waals surface area contributed by atoms with E-state index in [0.29, 0.717) is 17.0 Å². The van der Waals surface area contributed by atoms with Crippen molar-refractivity contribution in [1.29, 1.82) is 0 Å². The maximum Gasteiger partial charge on any atom is 0.352 e. The molecule has 9 nitrogen and oxygen atoms in total. The van der Waals surface area contributed by atoms with Gasteiger partial charge in [-0.2, -0.15) is 0 Å². The number of rotatable bonds is 3. The number of nitrogens with zero attached hydrogens (tertiary/aromatic N) is 3. The predicted octanol–water partition coefficient (Wildman–Crippen LogP) is 3.98. The van der Waals surface area contributed by atoms with Crippen molar-refractivity contribution in [3.8, 4) is 17.2 Å². The van der Waals surface area contributed by atoms with Crippen molar-refractivity contribution < 1.29 is 19.4 Å². The van der Waals surface area contributed by atoms with Crippen molar-refractivity contribution in [2.24, 2.45) is 0 Å². The van der Waals surface area contributed by atoms with Crippen LogP contribution in [0.5, 0.6) is 11.5 Å². The zero-order chi connectivity index (χ0) is 28.7. The second-order valence-corrected chi connectivity index (χ2v) is 11.7. The quantitative estimate of drug-likeness (QED) is 0.349. The number of Topliss-reactive ketones (excluding diaryl/α,β-unsaturated/α-hetero) is 2. The fourth-order valence-corrected chi connectivity index (χ4v) is 7.52.